The molecule has 2 saturated heterocycles. The van der Waals surface area contributed by atoms with E-state index in [4.69, 9.17) is 11.6 Å². The summed E-state index contributed by atoms with van der Waals surface area (Å²) in [5.74, 6) is 1.18. The molecule has 0 saturated carbocycles. The van der Waals surface area contributed by atoms with Gasteiger partial charge in [-0.2, -0.15) is 0 Å². The predicted octanol–water partition coefficient (Wildman–Crippen LogP) is 2.48. The normalized spacial score (nSPS) is 22.3. The van der Waals surface area contributed by atoms with Gasteiger partial charge in [-0.05, 0) is 30.5 Å². The molecule has 0 radical (unpaired) electrons. The van der Waals surface area contributed by atoms with Gasteiger partial charge in [0.15, 0.2) is 11.6 Å². The van der Waals surface area contributed by atoms with E-state index in [1.807, 2.05) is 36.2 Å². The SMILES string of the molecule is CC(C)NC[C@@H](C(=O)N1C2CCC1CN(c1ncnc3c1N(C)CC(=O)N3)C2)c1ccc(Cl)cc1. The number of benzene rings is 1. The van der Waals surface area contributed by atoms with Crippen LogP contribution in [0.2, 0.25) is 5.02 Å². The molecule has 1 aromatic heterocycles. The average Bonchev–Trinajstić information content (AvgIpc) is 3.08. The fourth-order valence-corrected chi connectivity index (χ4v) is 5.65. The molecule has 4 heterocycles. The summed E-state index contributed by atoms with van der Waals surface area (Å²) in [7, 11) is 1.89. The number of anilines is 3. The summed E-state index contributed by atoms with van der Waals surface area (Å²) < 4.78 is 0. The fraction of sp³-hybridized carbons (Fsp3) is 0.520. The maximum absolute atomic E-state index is 14.0. The fourth-order valence-electron chi connectivity index (χ4n) is 5.52. The largest absolute Gasteiger partial charge is 0.359 e. The predicted molar refractivity (Wildman–Crippen MR) is 137 cm³/mol. The zero-order valence-corrected chi connectivity index (χ0v) is 21.1. The molecule has 2 bridgehead atoms. The Bertz CT molecular complexity index is 1100. The van der Waals surface area contributed by atoms with Gasteiger partial charge in [-0.1, -0.05) is 37.6 Å². The Kier molecular flexibility index (Phi) is 6.55. The Balaban J connectivity index is 1.39. The minimum atomic E-state index is -0.266. The van der Waals surface area contributed by atoms with Gasteiger partial charge in [0.2, 0.25) is 11.8 Å². The van der Waals surface area contributed by atoms with Crippen molar-refractivity contribution < 1.29 is 9.59 Å². The Morgan fingerprint density at radius 3 is 2.51 bits per heavy atom. The van der Waals surface area contributed by atoms with Crippen molar-refractivity contribution in [1.82, 2.24) is 20.2 Å². The number of nitrogens with zero attached hydrogens (tertiary/aromatic N) is 5. The van der Waals surface area contributed by atoms with Crippen molar-refractivity contribution in [2.75, 3.05) is 48.3 Å². The maximum Gasteiger partial charge on any atom is 0.245 e. The Morgan fingerprint density at radius 2 is 1.86 bits per heavy atom. The third-order valence-corrected chi connectivity index (χ3v) is 7.41. The molecular weight excluding hydrogens is 466 g/mol. The quantitative estimate of drug-likeness (QED) is 0.633. The van der Waals surface area contributed by atoms with Crippen molar-refractivity contribution in [3.63, 3.8) is 0 Å². The van der Waals surface area contributed by atoms with Crippen LogP contribution in [0.1, 0.15) is 38.2 Å². The van der Waals surface area contributed by atoms with E-state index < -0.39 is 0 Å². The first-order valence-corrected chi connectivity index (χ1v) is 12.6. The third kappa shape index (κ3) is 4.67. The van der Waals surface area contributed by atoms with Crippen molar-refractivity contribution in [2.45, 2.75) is 50.7 Å². The maximum atomic E-state index is 14.0. The summed E-state index contributed by atoms with van der Waals surface area (Å²) in [6.07, 6.45) is 3.44. The van der Waals surface area contributed by atoms with Crippen LogP contribution in [0.5, 0.6) is 0 Å². The molecule has 35 heavy (non-hydrogen) atoms. The highest BCUT2D eigenvalue weighted by Crippen LogP contribution is 2.40. The van der Waals surface area contributed by atoms with Crippen molar-refractivity contribution in [1.29, 1.82) is 0 Å². The number of piperazine rings is 1. The molecule has 0 aliphatic carbocycles. The van der Waals surface area contributed by atoms with Gasteiger partial charge in [-0.15, -0.1) is 0 Å². The number of carbonyl (C=O) groups excluding carboxylic acids is 2. The van der Waals surface area contributed by atoms with Crippen LogP contribution in [-0.4, -0.2) is 78.0 Å². The van der Waals surface area contributed by atoms with Crippen molar-refractivity contribution in [3.05, 3.63) is 41.2 Å². The molecule has 3 aliphatic rings. The number of hydrogen-bond acceptors (Lipinski definition) is 7. The van der Waals surface area contributed by atoms with E-state index in [0.717, 1.165) is 29.9 Å². The van der Waals surface area contributed by atoms with Gasteiger partial charge >= 0.3 is 0 Å². The molecule has 3 aliphatic heterocycles. The lowest BCUT2D eigenvalue weighted by molar-refractivity contribution is -0.136. The van der Waals surface area contributed by atoms with Crippen LogP contribution < -0.4 is 20.4 Å². The summed E-state index contributed by atoms with van der Waals surface area (Å²) in [5, 5.41) is 6.98. The first-order valence-electron chi connectivity index (χ1n) is 12.2. The van der Waals surface area contributed by atoms with E-state index in [1.54, 1.807) is 0 Å². The zero-order chi connectivity index (χ0) is 24.7. The Labute approximate surface area is 210 Å². The third-order valence-electron chi connectivity index (χ3n) is 7.16. The monoisotopic (exact) mass is 497 g/mol. The van der Waals surface area contributed by atoms with E-state index in [9.17, 15) is 9.59 Å². The van der Waals surface area contributed by atoms with E-state index in [-0.39, 0.29) is 42.4 Å². The zero-order valence-electron chi connectivity index (χ0n) is 20.4. The molecule has 1 aromatic carbocycles. The van der Waals surface area contributed by atoms with E-state index in [0.29, 0.717) is 30.5 Å². The first kappa shape index (κ1) is 23.8. The van der Waals surface area contributed by atoms with E-state index in [2.05, 4.69) is 44.2 Å². The molecule has 5 rings (SSSR count). The van der Waals surface area contributed by atoms with Crippen molar-refractivity contribution in [3.8, 4) is 0 Å². The molecule has 2 N–H and O–H groups in total. The number of aromatic nitrogens is 2. The van der Waals surface area contributed by atoms with Crippen LogP contribution in [0.15, 0.2) is 30.6 Å². The molecule has 10 heteroatoms. The first-order chi connectivity index (χ1) is 16.8. The van der Waals surface area contributed by atoms with Crippen LogP contribution in [0, 0.1) is 0 Å². The summed E-state index contributed by atoms with van der Waals surface area (Å²) in [4.78, 5) is 41.1. The van der Waals surface area contributed by atoms with Gasteiger partial charge in [0.1, 0.15) is 12.0 Å². The number of fused-ring (bicyclic) bond motifs is 3. The second-order valence-electron chi connectivity index (χ2n) is 10.0. The molecular formula is C25H32ClN7O2. The number of halogens is 1. The number of nitrogens with one attached hydrogen (secondary N) is 2. The van der Waals surface area contributed by atoms with Gasteiger partial charge in [0, 0.05) is 49.8 Å². The van der Waals surface area contributed by atoms with Gasteiger partial charge in [-0.3, -0.25) is 9.59 Å². The van der Waals surface area contributed by atoms with Crippen LogP contribution in [0.3, 0.4) is 0 Å². The smallest absolute Gasteiger partial charge is 0.245 e. The van der Waals surface area contributed by atoms with Crippen LogP contribution in [0.4, 0.5) is 17.3 Å². The number of likely N-dealkylation sites (N-methyl/N-ethyl adjacent to an activating group) is 1. The number of amides is 2. The second-order valence-corrected chi connectivity index (χ2v) is 10.4. The summed E-state index contributed by atoms with van der Waals surface area (Å²) in [5.41, 5.74) is 1.82. The van der Waals surface area contributed by atoms with E-state index in [1.165, 1.54) is 6.33 Å². The summed E-state index contributed by atoms with van der Waals surface area (Å²) in [6, 6.07) is 8.14. The summed E-state index contributed by atoms with van der Waals surface area (Å²) in [6.45, 7) is 6.45. The second kappa shape index (κ2) is 9.62. The van der Waals surface area contributed by atoms with Crippen LogP contribution >= 0.6 is 11.6 Å². The molecule has 186 valence electrons. The highest BCUT2D eigenvalue weighted by Gasteiger charge is 2.45. The van der Waals surface area contributed by atoms with Gasteiger partial charge in [0.05, 0.1) is 12.5 Å². The van der Waals surface area contributed by atoms with Gasteiger partial charge in [0.25, 0.3) is 0 Å². The Hall–Kier alpha value is -2.91. The molecule has 3 atom stereocenters. The highest BCUT2D eigenvalue weighted by molar-refractivity contribution is 6.30. The molecule has 9 nitrogen and oxygen atoms in total. The molecule has 2 aromatic rings. The van der Waals surface area contributed by atoms with E-state index >= 15 is 0 Å². The average molecular weight is 498 g/mol. The highest BCUT2D eigenvalue weighted by atomic mass is 35.5. The lowest BCUT2D eigenvalue weighted by Crippen LogP contribution is -2.58. The minimum Gasteiger partial charge on any atom is -0.359 e. The molecule has 2 amide bonds. The van der Waals surface area contributed by atoms with Crippen molar-refractivity contribution >= 4 is 40.7 Å². The minimum absolute atomic E-state index is 0.0802. The van der Waals surface area contributed by atoms with Crippen LogP contribution in [-0.2, 0) is 9.59 Å². The number of carbonyl (C=O) groups is 2. The summed E-state index contributed by atoms with van der Waals surface area (Å²) >= 11 is 6.12. The molecule has 2 fully saturated rings. The lowest BCUT2D eigenvalue weighted by Gasteiger charge is -2.44. The van der Waals surface area contributed by atoms with Gasteiger partial charge in [-0.25, -0.2) is 9.97 Å². The molecule has 2 unspecified atom stereocenters. The Morgan fingerprint density at radius 1 is 1.17 bits per heavy atom. The standard InChI is InChI=1S/C25H32ClN7O2/c1-15(2)27-10-20(16-4-6-17(26)7-5-16)25(35)33-18-8-9-19(33)12-32(11-18)24-22-23(28-14-29-24)30-21(34)13-31(22)3/h4-7,14-15,18-20,27H,8-13H2,1-3H3,(H,28,29,30,34)/t18?,19?,20-/m1/s1. The van der Waals surface area contributed by atoms with Gasteiger partial charge < -0.3 is 25.3 Å². The number of hydrogen-bond donors (Lipinski definition) is 2. The van der Waals surface area contributed by atoms with Crippen LogP contribution in [0.25, 0.3) is 0 Å². The lowest BCUT2D eigenvalue weighted by atomic mass is 9.95. The topological polar surface area (TPSA) is 93.7 Å². The molecule has 0 spiro atoms. The number of rotatable bonds is 6. The van der Waals surface area contributed by atoms with Crippen molar-refractivity contribution in [2.24, 2.45) is 0 Å².